The molecule has 0 aromatic heterocycles. The number of hydrogen-bond donors (Lipinski definition) is 1. The van der Waals surface area contributed by atoms with E-state index >= 15 is 0 Å². The smallest absolute Gasteiger partial charge is 0.222 e. The Kier molecular flexibility index (Phi) is 5.40. The van der Waals surface area contributed by atoms with Crippen LogP contribution in [-0.2, 0) is 11.2 Å². The van der Waals surface area contributed by atoms with Crippen molar-refractivity contribution in [2.75, 3.05) is 26.7 Å². The summed E-state index contributed by atoms with van der Waals surface area (Å²) in [6.07, 6.45) is 2.60. The summed E-state index contributed by atoms with van der Waals surface area (Å²) in [6.45, 7) is 3.02. The van der Waals surface area contributed by atoms with Gasteiger partial charge >= 0.3 is 0 Å². The topological polar surface area (TPSA) is 32.3 Å². The van der Waals surface area contributed by atoms with Crippen molar-refractivity contribution in [1.29, 1.82) is 0 Å². The molecule has 1 unspecified atom stereocenters. The van der Waals surface area contributed by atoms with Crippen LogP contribution in [0.15, 0.2) is 28.7 Å². The lowest BCUT2D eigenvalue weighted by Crippen LogP contribution is -2.32. The van der Waals surface area contributed by atoms with Crippen molar-refractivity contribution in [3.05, 3.63) is 34.3 Å². The molecule has 0 spiro atoms. The fraction of sp³-hybridized carbons (Fsp3) is 0.533. The molecule has 1 aromatic carbocycles. The van der Waals surface area contributed by atoms with E-state index in [2.05, 4.69) is 33.4 Å². The maximum Gasteiger partial charge on any atom is 0.222 e. The molecular weight excluding hydrogens is 304 g/mol. The van der Waals surface area contributed by atoms with Gasteiger partial charge in [-0.25, -0.2) is 0 Å². The molecule has 1 N–H and O–H groups in total. The molecule has 1 amide bonds. The van der Waals surface area contributed by atoms with E-state index in [4.69, 9.17) is 0 Å². The maximum absolute atomic E-state index is 12.1. The average Bonchev–Trinajstić information content (AvgIpc) is 2.90. The highest BCUT2D eigenvalue weighted by molar-refractivity contribution is 9.10. The molecule has 1 aliphatic heterocycles. The molecule has 0 radical (unpaired) electrons. The summed E-state index contributed by atoms with van der Waals surface area (Å²) >= 11 is 3.42. The van der Waals surface area contributed by atoms with Crippen molar-refractivity contribution in [2.24, 2.45) is 5.92 Å². The SMILES string of the molecule is CN(CC1CCNC1)C(=O)CCc1ccc(Br)cc1. The van der Waals surface area contributed by atoms with E-state index in [9.17, 15) is 4.79 Å². The first kappa shape index (κ1) is 14.5. The highest BCUT2D eigenvalue weighted by Gasteiger charge is 2.18. The predicted octanol–water partition coefficient (Wildman–Crippen LogP) is 2.45. The van der Waals surface area contributed by atoms with Crippen LogP contribution in [0, 0.1) is 5.92 Å². The minimum absolute atomic E-state index is 0.245. The van der Waals surface area contributed by atoms with E-state index in [-0.39, 0.29) is 5.91 Å². The first-order valence-corrected chi connectivity index (χ1v) is 7.63. The number of nitrogens with one attached hydrogen (secondary N) is 1. The lowest BCUT2D eigenvalue weighted by atomic mass is 10.1. The van der Waals surface area contributed by atoms with Crippen LogP contribution in [0.25, 0.3) is 0 Å². The zero-order chi connectivity index (χ0) is 13.7. The van der Waals surface area contributed by atoms with Crippen molar-refractivity contribution in [1.82, 2.24) is 10.2 Å². The molecule has 0 saturated carbocycles. The van der Waals surface area contributed by atoms with Crippen molar-refractivity contribution < 1.29 is 4.79 Å². The summed E-state index contributed by atoms with van der Waals surface area (Å²) in [5.74, 6) is 0.872. The minimum Gasteiger partial charge on any atom is -0.345 e. The number of carbonyl (C=O) groups excluding carboxylic acids is 1. The first-order valence-electron chi connectivity index (χ1n) is 6.84. The molecule has 4 heteroatoms. The van der Waals surface area contributed by atoms with Gasteiger partial charge in [0.2, 0.25) is 5.91 Å². The van der Waals surface area contributed by atoms with Gasteiger partial charge in [-0.3, -0.25) is 4.79 Å². The summed E-state index contributed by atoms with van der Waals surface area (Å²) in [5.41, 5.74) is 1.22. The summed E-state index contributed by atoms with van der Waals surface area (Å²) in [4.78, 5) is 14.0. The Bertz CT molecular complexity index is 413. The Balaban J connectivity index is 1.75. The summed E-state index contributed by atoms with van der Waals surface area (Å²) in [6, 6.07) is 8.18. The molecule has 1 aliphatic rings. The van der Waals surface area contributed by atoms with Gasteiger partial charge in [0.25, 0.3) is 0 Å². The molecule has 1 heterocycles. The number of nitrogens with zero attached hydrogens (tertiary/aromatic N) is 1. The normalized spacial score (nSPS) is 18.5. The van der Waals surface area contributed by atoms with E-state index in [1.807, 2.05) is 24.1 Å². The van der Waals surface area contributed by atoms with Crippen LogP contribution in [0.4, 0.5) is 0 Å². The van der Waals surface area contributed by atoms with Gasteiger partial charge in [0.05, 0.1) is 0 Å². The fourth-order valence-corrected chi connectivity index (χ4v) is 2.72. The van der Waals surface area contributed by atoms with Crippen LogP contribution in [0.5, 0.6) is 0 Å². The summed E-state index contributed by atoms with van der Waals surface area (Å²) in [5, 5.41) is 3.34. The van der Waals surface area contributed by atoms with Gasteiger partial charge in [-0.1, -0.05) is 28.1 Å². The van der Waals surface area contributed by atoms with Gasteiger partial charge in [0, 0.05) is 24.5 Å². The number of carbonyl (C=O) groups is 1. The van der Waals surface area contributed by atoms with E-state index in [0.717, 1.165) is 30.5 Å². The molecular formula is C15H21BrN2O. The highest BCUT2D eigenvalue weighted by atomic mass is 79.9. The minimum atomic E-state index is 0.245. The van der Waals surface area contributed by atoms with Gasteiger partial charge in [-0.2, -0.15) is 0 Å². The van der Waals surface area contributed by atoms with Gasteiger partial charge < -0.3 is 10.2 Å². The summed E-state index contributed by atoms with van der Waals surface area (Å²) < 4.78 is 1.08. The molecule has 2 rings (SSSR count). The van der Waals surface area contributed by atoms with Gasteiger partial charge in [0.15, 0.2) is 0 Å². The number of amides is 1. The fourth-order valence-electron chi connectivity index (χ4n) is 2.45. The van der Waals surface area contributed by atoms with Crippen LogP contribution in [0.3, 0.4) is 0 Å². The number of hydrogen-bond acceptors (Lipinski definition) is 2. The zero-order valence-electron chi connectivity index (χ0n) is 11.4. The van der Waals surface area contributed by atoms with Crippen LogP contribution in [0.1, 0.15) is 18.4 Å². The third-order valence-corrected chi connectivity index (χ3v) is 4.19. The van der Waals surface area contributed by atoms with Gasteiger partial charge in [-0.05, 0) is 49.5 Å². The monoisotopic (exact) mass is 324 g/mol. The van der Waals surface area contributed by atoms with Crippen molar-refractivity contribution in [2.45, 2.75) is 19.3 Å². The summed E-state index contributed by atoms with van der Waals surface area (Å²) in [7, 11) is 1.92. The second kappa shape index (κ2) is 7.06. The van der Waals surface area contributed by atoms with E-state index in [0.29, 0.717) is 12.3 Å². The Hall–Kier alpha value is -0.870. The molecule has 0 aliphatic carbocycles. The van der Waals surface area contributed by atoms with Crippen molar-refractivity contribution >= 4 is 21.8 Å². The number of halogens is 1. The molecule has 1 saturated heterocycles. The van der Waals surface area contributed by atoms with Crippen molar-refractivity contribution in [3.8, 4) is 0 Å². The van der Waals surface area contributed by atoms with Crippen molar-refractivity contribution in [3.63, 3.8) is 0 Å². The number of aryl methyl sites for hydroxylation is 1. The molecule has 104 valence electrons. The Morgan fingerprint density at radius 1 is 1.42 bits per heavy atom. The van der Waals surface area contributed by atoms with Crippen LogP contribution in [-0.4, -0.2) is 37.5 Å². The van der Waals surface area contributed by atoms with Crippen LogP contribution in [0.2, 0.25) is 0 Å². The lowest BCUT2D eigenvalue weighted by Gasteiger charge is -2.20. The quantitative estimate of drug-likeness (QED) is 0.902. The van der Waals surface area contributed by atoms with E-state index in [1.54, 1.807) is 0 Å². The van der Waals surface area contributed by atoms with Crippen LogP contribution < -0.4 is 5.32 Å². The predicted molar refractivity (Wildman–Crippen MR) is 81.1 cm³/mol. The van der Waals surface area contributed by atoms with Gasteiger partial charge in [-0.15, -0.1) is 0 Å². The Labute approximate surface area is 123 Å². The lowest BCUT2D eigenvalue weighted by molar-refractivity contribution is -0.130. The Morgan fingerprint density at radius 3 is 2.79 bits per heavy atom. The standard InChI is InChI=1S/C15H21BrN2O/c1-18(11-13-8-9-17-10-13)15(19)7-4-12-2-5-14(16)6-3-12/h2-3,5-6,13,17H,4,7-11H2,1H3. The average molecular weight is 325 g/mol. The molecule has 1 aromatic rings. The Morgan fingerprint density at radius 2 is 2.16 bits per heavy atom. The van der Waals surface area contributed by atoms with E-state index < -0.39 is 0 Å². The number of rotatable bonds is 5. The number of benzene rings is 1. The van der Waals surface area contributed by atoms with E-state index in [1.165, 1.54) is 12.0 Å². The second-order valence-electron chi connectivity index (χ2n) is 5.26. The zero-order valence-corrected chi connectivity index (χ0v) is 12.9. The third-order valence-electron chi connectivity index (χ3n) is 3.66. The molecule has 3 nitrogen and oxygen atoms in total. The largest absolute Gasteiger partial charge is 0.345 e. The molecule has 1 fully saturated rings. The maximum atomic E-state index is 12.1. The highest BCUT2D eigenvalue weighted by Crippen LogP contribution is 2.13. The second-order valence-corrected chi connectivity index (χ2v) is 6.18. The third kappa shape index (κ3) is 4.62. The molecule has 19 heavy (non-hydrogen) atoms. The molecule has 0 bridgehead atoms. The van der Waals surface area contributed by atoms with Gasteiger partial charge in [0.1, 0.15) is 0 Å². The van der Waals surface area contributed by atoms with Crippen LogP contribution >= 0.6 is 15.9 Å². The first-order chi connectivity index (χ1) is 9.15. The molecule has 1 atom stereocenters.